The summed E-state index contributed by atoms with van der Waals surface area (Å²) in [7, 11) is 0. The standard InChI is InChI=1S/C16H16F2O/c1-11(2)14-8-13(17)9-15(18)16(14)19-10-12-6-4-3-5-7-12/h3-9,11H,10H2,1-2H3. The van der Waals surface area contributed by atoms with Crippen LogP contribution in [-0.4, -0.2) is 0 Å². The lowest BCUT2D eigenvalue weighted by atomic mass is 10.0. The van der Waals surface area contributed by atoms with E-state index in [1.54, 1.807) is 0 Å². The molecule has 0 N–H and O–H groups in total. The molecule has 0 amide bonds. The van der Waals surface area contributed by atoms with E-state index in [2.05, 4.69) is 0 Å². The van der Waals surface area contributed by atoms with Gasteiger partial charge in [-0.05, 0) is 17.5 Å². The van der Waals surface area contributed by atoms with Gasteiger partial charge in [-0.15, -0.1) is 0 Å². The fourth-order valence-electron chi connectivity index (χ4n) is 1.89. The minimum absolute atomic E-state index is 0.00373. The van der Waals surface area contributed by atoms with Crippen molar-refractivity contribution < 1.29 is 13.5 Å². The summed E-state index contributed by atoms with van der Waals surface area (Å²) in [4.78, 5) is 0. The summed E-state index contributed by atoms with van der Waals surface area (Å²) in [5, 5.41) is 0. The van der Waals surface area contributed by atoms with Crippen LogP contribution in [0.1, 0.15) is 30.9 Å². The van der Waals surface area contributed by atoms with Gasteiger partial charge in [-0.1, -0.05) is 44.2 Å². The summed E-state index contributed by atoms with van der Waals surface area (Å²) in [5.41, 5.74) is 1.49. The molecule has 2 rings (SSSR count). The molecule has 0 unspecified atom stereocenters. The molecule has 0 aliphatic carbocycles. The normalized spacial score (nSPS) is 10.8. The molecule has 19 heavy (non-hydrogen) atoms. The molecule has 0 atom stereocenters. The highest BCUT2D eigenvalue weighted by Crippen LogP contribution is 2.31. The average molecular weight is 262 g/mol. The molecule has 0 aliphatic rings. The Bertz CT molecular complexity index is 550. The number of rotatable bonds is 4. The molecule has 2 aromatic carbocycles. The number of halogens is 2. The Morgan fingerprint density at radius 2 is 1.74 bits per heavy atom. The number of hydrogen-bond donors (Lipinski definition) is 0. The molecule has 1 nitrogen and oxygen atoms in total. The molecule has 3 heteroatoms. The molecular formula is C16H16F2O. The lowest BCUT2D eigenvalue weighted by Gasteiger charge is -2.15. The zero-order chi connectivity index (χ0) is 13.8. The van der Waals surface area contributed by atoms with E-state index in [1.807, 2.05) is 44.2 Å². The largest absolute Gasteiger partial charge is 0.486 e. The Kier molecular flexibility index (Phi) is 4.15. The second-order valence-corrected chi connectivity index (χ2v) is 4.73. The summed E-state index contributed by atoms with van der Waals surface area (Å²) in [6, 6.07) is 11.7. The van der Waals surface area contributed by atoms with Gasteiger partial charge in [0.1, 0.15) is 12.4 Å². The van der Waals surface area contributed by atoms with Crippen LogP contribution in [0.5, 0.6) is 5.75 Å². The molecule has 100 valence electrons. The molecule has 0 spiro atoms. The first-order valence-corrected chi connectivity index (χ1v) is 6.23. The summed E-state index contributed by atoms with van der Waals surface area (Å²) in [6.45, 7) is 4.02. The predicted octanol–water partition coefficient (Wildman–Crippen LogP) is 4.67. The minimum Gasteiger partial charge on any atom is -0.486 e. The lowest BCUT2D eigenvalue weighted by Crippen LogP contribution is -2.03. The van der Waals surface area contributed by atoms with Crippen molar-refractivity contribution in [3.63, 3.8) is 0 Å². The van der Waals surface area contributed by atoms with Crippen molar-refractivity contribution in [1.29, 1.82) is 0 Å². The maximum atomic E-state index is 13.8. The van der Waals surface area contributed by atoms with Gasteiger partial charge in [0.2, 0.25) is 0 Å². The van der Waals surface area contributed by atoms with Crippen molar-refractivity contribution in [1.82, 2.24) is 0 Å². The molecule has 0 radical (unpaired) electrons. The third kappa shape index (κ3) is 3.31. The molecule has 0 heterocycles. The van der Waals surface area contributed by atoms with Crippen LogP contribution in [0.3, 0.4) is 0 Å². The van der Waals surface area contributed by atoms with Gasteiger partial charge in [-0.2, -0.15) is 0 Å². The highest BCUT2D eigenvalue weighted by Gasteiger charge is 2.15. The van der Waals surface area contributed by atoms with Crippen molar-refractivity contribution in [3.8, 4) is 5.75 Å². The first kappa shape index (κ1) is 13.5. The molecule has 0 bridgehead atoms. The van der Waals surface area contributed by atoms with Crippen LogP contribution in [-0.2, 0) is 6.61 Å². The Hall–Kier alpha value is -1.90. The molecule has 0 saturated heterocycles. The van der Waals surface area contributed by atoms with Gasteiger partial charge in [0, 0.05) is 11.6 Å². The maximum absolute atomic E-state index is 13.8. The fraction of sp³-hybridized carbons (Fsp3) is 0.250. The third-order valence-electron chi connectivity index (χ3n) is 2.89. The third-order valence-corrected chi connectivity index (χ3v) is 2.89. The van der Waals surface area contributed by atoms with Crippen LogP contribution in [0.25, 0.3) is 0 Å². The Morgan fingerprint density at radius 3 is 2.37 bits per heavy atom. The monoisotopic (exact) mass is 262 g/mol. The minimum atomic E-state index is -0.653. The van der Waals surface area contributed by atoms with E-state index in [4.69, 9.17) is 4.74 Å². The second-order valence-electron chi connectivity index (χ2n) is 4.73. The summed E-state index contributed by atoms with van der Waals surface area (Å²) < 4.78 is 32.6. The van der Waals surface area contributed by atoms with Crippen LogP contribution in [0.4, 0.5) is 8.78 Å². The van der Waals surface area contributed by atoms with Gasteiger partial charge < -0.3 is 4.74 Å². The molecular weight excluding hydrogens is 246 g/mol. The fourth-order valence-corrected chi connectivity index (χ4v) is 1.89. The first-order chi connectivity index (χ1) is 9.08. The van der Waals surface area contributed by atoms with E-state index >= 15 is 0 Å². The van der Waals surface area contributed by atoms with Crippen molar-refractivity contribution in [2.24, 2.45) is 0 Å². The van der Waals surface area contributed by atoms with Crippen LogP contribution in [0.15, 0.2) is 42.5 Å². The van der Waals surface area contributed by atoms with E-state index in [1.165, 1.54) is 6.07 Å². The van der Waals surface area contributed by atoms with Gasteiger partial charge in [-0.3, -0.25) is 0 Å². The van der Waals surface area contributed by atoms with E-state index in [0.29, 0.717) is 5.56 Å². The lowest BCUT2D eigenvalue weighted by molar-refractivity contribution is 0.284. The topological polar surface area (TPSA) is 9.23 Å². The van der Waals surface area contributed by atoms with Crippen molar-refractivity contribution in [2.45, 2.75) is 26.4 Å². The Balaban J connectivity index is 2.24. The summed E-state index contributed by atoms with van der Waals surface area (Å²) in [5.74, 6) is -1.09. The molecule has 2 aromatic rings. The molecule has 0 saturated carbocycles. The van der Waals surface area contributed by atoms with Crippen LogP contribution >= 0.6 is 0 Å². The zero-order valence-corrected chi connectivity index (χ0v) is 11.0. The van der Waals surface area contributed by atoms with E-state index < -0.39 is 11.6 Å². The first-order valence-electron chi connectivity index (χ1n) is 6.23. The zero-order valence-electron chi connectivity index (χ0n) is 11.0. The van der Waals surface area contributed by atoms with Gasteiger partial charge >= 0.3 is 0 Å². The number of ether oxygens (including phenoxy) is 1. The van der Waals surface area contributed by atoms with Crippen LogP contribution < -0.4 is 4.74 Å². The number of hydrogen-bond acceptors (Lipinski definition) is 1. The van der Waals surface area contributed by atoms with Crippen molar-refractivity contribution in [3.05, 3.63) is 65.2 Å². The Labute approximate surface area is 111 Å². The van der Waals surface area contributed by atoms with E-state index in [9.17, 15) is 8.78 Å². The van der Waals surface area contributed by atoms with Gasteiger partial charge in [0.25, 0.3) is 0 Å². The Morgan fingerprint density at radius 1 is 1.05 bits per heavy atom. The van der Waals surface area contributed by atoms with Crippen LogP contribution in [0.2, 0.25) is 0 Å². The van der Waals surface area contributed by atoms with Gasteiger partial charge in [0.15, 0.2) is 11.6 Å². The predicted molar refractivity (Wildman–Crippen MR) is 71.2 cm³/mol. The highest BCUT2D eigenvalue weighted by atomic mass is 19.1. The van der Waals surface area contributed by atoms with Crippen LogP contribution in [0, 0.1) is 11.6 Å². The highest BCUT2D eigenvalue weighted by molar-refractivity contribution is 5.38. The summed E-state index contributed by atoms with van der Waals surface area (Å²) >= 11 is 0. The number of benzene rings is 2. The smallest absolute Gasteiger partial charge is 0.168 e. The van der Waals surface area contributed by atoms with Crippen molar-refractivity contribution in [2.75, 3.05) is 0 Å². The second kappa shape index (κ2) is 5.83. The van der Waals surface area contributed by atoms with E-state index in [0.717, 1.165) is 11.6 Å². The van der Waals surface area contributed by atoms with Crippen molar-refractivity contribution >= 4 is 0 Å². The SMILES string of the molecule is CC(C)c1cc(F)cc(F)c1OCc1ccccc1. The summed E-state index contributed by atoms with van der Waals surface area (Å²) in [6.07, 6.45) is 0. The van der Waals surface area contributed by atoms with Gasteiger partial charge in [-0.25, -0.2) is 8.78 Å². The van der Waals surface area contributed by atoms with E-state index in [-0.39, 0.29) is 18.3 Å². The molecule has 0 fully saturated rings. The maximum Gasteiger partial charge on any atom is 0.168 e. The molecule has 0 aromatic heterocycles. The quantitative estimate of drug-likeness (QED) is 0.778. The molecule has 0 aliphatic heterocycles. The van der Waals surface area contributed by atoms with Gasteiger partial charge in [0.05, 0.1) is 0 Å². The average Bonchev–Trinajstić information content (AvgIpc) is 2.38.